The predicted molar refractivity (Wildman–Crippen MR) is 115 cm³/mol. The number of para-hydroxylation sites is 2. The minimum Gasteiger partial charge on any atom is -0.336 e. The van der Waals surface area contributed by atoms with Gasteiger partial charge in [0.05, 0.1) is 17.1 Å². The maximum atomic E-state index is 12.6. The quantitative estimate of drug-likeness (QED) is 0.501. The van der Waals surface area contributed by atoms with Gasteiger partial charge in [-0.15, -0.1) is 0 Å². The summed E-state index contributed by atoms with van der Waals surface area (Å²) >= 11 is 0. The molecule has 3 aromatic carbocycles. The Morgan fingerprint density at radius 1 is 0.966 bits per heavy atom. The van der Waals surface area contributed by atoms with Crippen molar-refractivity contribution in [3.63, 3.8) is 0 Å². The summed E-state index contributed by atoms with van der Waals surface area (Å²) in [6.45, 7) is 0. The maximum Gasteiger partial charge on any atom is 0.277 e. The third-order valence-corrected chi connectivity index (χ3v) is 5.47. The highest BCUT2D eigenvalue weighted by Crippen LogP contribution is 2.46. The molecule has 5 heteroatoms. The molecular weight excluding hydrogens is 362 g/mol. The third-order valence-electron chi connectivity index (χ3n) is 5.47. The molecule has 1 aliphatic heterocycles. The van der Waals surface area contributed by atoms with Gasteiger partial charge in [-0.2, -0.15) is 0 Å². The SMILES string of the molecule is CN(O)C(=O)c1ccccc1-c1cccc2c1C=Nc1ccccc1N2C1CC1. The van der Waals surface area contributed by atoms with Gasteiger partial charge >= 0.3 is 0 Å². The number of benzene rings is 3. The van der Waals surface area contributed by atoms with E-state index in [-0.39, 0.29) is 0 Å². The van der Waals surface area contributed by atoms with Gasteiger partial charge in [-0.25, -0.2) is 5.06 Å². The number of carbonyl (C=O) groups is 1. The number of hydroxylamine groups is 2. The zero-order valence-electron chi connectivity index (χ0n) is 16.1. The van der Waals surface area contributed by atoms with E-state index in [0.29, 0.717) is 16.7 Å². The second-order valence-electron chi connectivity index (χ2n) is 7.46. The Kier molecular flexibility index (Phi) is 4.18. The van der Waals surface area contributed by atoms with Gasteiger partial charge in [-0.05, 0) is 48.2 Å². The van der Waals surface area contributed by atoms with E-state index in [1.54, 1.807) is 6.07 Å². The highest BCUT2D eigenvalue weighted by Gasteiger charge is 2.34. The summed E-state index contributed by atoms with van der Waals surface area (Å²) in [6.07, 6.45) is 4.21. The minimum absolute atomic E-state index is 0.439. The van der Waals surface area contributed by atoms with Crippen LogP contribution >= 0.6 is 0 Å². The van der Waals surface area contributed by atoms with Gasteiger partial charge < -0.3 is 4.90 Å². The molecule has 0 bridgehead atoms. The standard InChI is InChI=1S/C24H21N3O2/c1-26(29)24(28)19-8-3-2-7-17(19)18-9-6-12-22-20(18)15-25-21-10-4-5-11-23(21)27(22)16-13-14-16/h2-12,15-16,29H,13-14H2,1H3. The Balaban J connectivity index is 1.74. The summed E-state index contributed by atoms with van der Waals surface area (Å²) in [7, 11) is 1.34. The fourth-order valence-electron chi connectivity index (χ4n) is 3.98. The summed E-state index contributed by atoms with van der Waals surface area (Å²) in [5, 5.41) is 10.3. The number of carbonyl (C=O) groups excluding carboxylic acids is 1. The first-order valence-corrected chi connectivity index (χ1v) is 9.77. The number of hydrogen-bond acceptors (Lipinski definition) is 4. The van der Waals surface area contributed by atoms with Crippen LogP contribution in [0.15, 0.2) is 71.7 Å². The molecule has 5 rings (SSSR count). The number of nitrogens with zero attached hydrogens (tertiary/aromatic N) is 3. The lowest BCUT2D eigenvalue weighted by molar-refractivity contribution is -0.0374. The summed E-state index contributed by atoms with van der Waals surface area (Å²) < 4.78 is 0. The molecule has 1 heterocycles. The van der Waals surface area contributed by atoms with Crippen LogP contribution < -0.4 is 4.90 Å². The number of hydrogen-bond donors (Lipinski definition) is 1. The third kappa shape index (κ3) is 3.00. The van der Waals surface area contributed by atoms with Crippen molar-refractivity contribution in [3.05, 3.63) is 77.9 Å². The Labute approximate surface area is 169 Å². The first-order chi connectivity index (χ1) is 14.1. The average Bonchev–Trinajstić information content (AvgIpc) is 3.58. The van der Waals surface area contributed by atoms with Crippen LogP contribution in [0.3, 0.4) is 0 Å². The topological polar surface area (TPSA) is 56.1 Å². The summed E-state index contributed by atoms with van der Waals surface area (Å²) in [6, 6.07) is 22.2. The van der Waals surface area contributed by atoms with Crippen molar-refractivity contribution in [1.82, 2.24) is 5.06 Å². The summed E-state index contributed by atoms with van der Waals surface area (Å²) in [4.78, 5) is 19.7. The van der Waals surface area contributed by atoms with E-state index in [1.807, 2.05) is 54.7 Å². The lowest BCUT2D eigenvalue weighted by atomic mass is 9.94. The Morgan fingerprint density at radius 3 is 2.45 bits per heavy atom. The first kappa shape index (κ1) is 17.6. The van der Waals surface area contributed by atoms with E-state index >= 15 is 0 Å². The van der Waals surface area contributed by atoms with E-state index in [1.165, 1.54) is 7.05 Å². The lowest BCUT2D eigenvalue weighted by Gasteiger charge is -2.27. The average molecular weight is 383 g/mol. The number of fused-ring (bicyclic) bond motifs is 2. The van der Waals surface area contributed by atoms with Crippen LogP contribution in [0, 0.1) is 0 Å². The molecule has 0 radical (unpaired) electrons. The molecule has 0 unspecified atom stereocenters. The lowest BCUT2D eigenvalue weighted by Crippen LogP contribution is -2.23. The Hall–Kier alpha value is -3.44. The Bertz CT molecular complexity index is 1130. The van der Waals surface area contributed by atoms with Crippen LogP contribution in [0.1, 0.15) is 28.8 Å². The van der Waals surface area contributed by atoms with Crippen molar-refractivity contribution in [3.8, 4) is 11.1 Å². The van der Waals surface area contributed by atoms with Crippen molar-refractivity contribution < 1.29 is 10.0 Å². The van der Waals surface area contributed by atoms with E-state index in [9.17, 15) is 10.0 Å². The predicted octanol–water partition coefficient (Wildman–Crippen LogP) is 5.18. The second kappa shape index (κ2) is 6.87. The highest BCUT2D eigenvalue weighted by atomic mass is 16.5. The van der Waals surface area contributed by atoms with E-state index in [0.717, 1.165) is 46.6 Å². The molecule has 1 N–H and O–H groups in total. The molecule has 144 valence electrons. The smallest absolute Gasteiger partial charge is 0.277 e. The van der Waals surface area contributed by atoms with Crippen LogP contribution in [0.2, 0.25) is 0 Å². The second-order valence-corrected chi connectivity index (χ2v) is 7.46. The van der Waals surface area contributed by atoms with Crippen LogP contribution in [0.25, 0.3) is 11.1 Å². The number of anilines is 2. The molecule has 5 nitrogen and oxygen atoms in total. The monoisotopic (exact) mass is 383 g/mol. The van der Waals surface area contributed by atoms with E-state index in [2.05, 4.69) is 17.0 Å². The molecule has 3 aromatic rings. The highest BCUT2D eigenvalue weighted by molar-refractivity contribution is 6.06. The molecule has 2 aliphatic rings. The summed E-state index contributed by atoms with van der Waals surface area (Å²) in [5.74, 6) is -0.439. The number of aliphatic imine (C=N–C) groups is 1. The van der Waals surface area contributed by atoms with Gasteiger partial charge in [0.2, 0.25) is 0 Å². The van der Waals surface area contributed by atoms with Crippen LogP contribution in [-0.4, -0.2) is 35.5 Å². The molecule has 1 fully saturated rings. The van der Waals surface area contributed by atoms with Gasteiger partial charge in [-0.3, -0.25) is 15.0 Å². The molecule has 0 atom stereocenters. The van der Waals surface area contributed by atoms with Crippen LogP contribution in [0.5, 0.6) is 0 Å². The molecule has 29 heavy (non-hydrogen) atoms. The first-order valence-electron chi connectivity index (χ1n) is 9.77. The van der Waals surface area contributed by atoms with Crippen molar-refractivity contribution in [2.45, 2.75) is 18.9 Å². The molecule has 0 saturated heterocycles. The van der Waals surface area contributed by atoms with E-state index in [4.69, 9.17) is 4.99 Å². The van der Waals surface area contributed by atoms with Gasteiger partial charge in [0.25, 0.3) is 5.91 Å². The summed E-state index contributed by atoms with van der Waals surface area (Å²) in [5.41, 5.74) is 6.30. The van der Waals surface area contributed by atoms with Gasteiger partial charge in [0.1, 0.15) is 0 Å². The van der Waals surface area contributed by atoms with Crippen molar-refractivity contribution in [1.29, 1.82) is 0 Å². The molecule has 0 spiro atoms. The van der Waals surface area contributed by atoms with Gasteiger partial charge in [-0.1, -0.05) is 42.5 Å². The zero-order valence-corrected chi connectivity index (χ0v) is 16.1. The molecule has 1 amide bonds. The number of amides is 1. The zero-order chi connectivity index (χ0) is 20.0. The molecular formula is C24H21N3O2. The van der Waals surface area contributed by atoms with Gasteiger partial charge in [0, 0.05) is 30.4 Å². The Morgan fingerprint density at radius 2 is 1.66 bits per heavy atom. The maximum absolute atomic E-state index is 12.6. The van der Waals surface area contributed by atoms with E-state index < -0.39 is 5.91 Å². The molecule has 0 aromatic heterocycles. The fraction of sp³-hybridized carbons (Fsp3) is 0.167. The van der Waals surface area contributed by atoms with Crippen LogP contribution in [-0.2, 0) is 0 Å². The largest absolute Gasteiger partial charge is 0.336 e. The van der Waals surface area contributed by atoms with Gasteiger partial charge in [0.15, 0.2) is 0 Å². The van der Waals surface area contributed by atoms with Crippen LogP contribution in [0.4, 0.5) is 17.1 Å². The normalized spacial score (nSPS) is 14.8. The fourth-order valence-corrected chi connectivity index (χ4v) is 3.98. The number of rotatable bonds is 3. The minimum atomic E-state index is -0.439. The molecule has 1 saturated carbocycles. The van der Waals surface area contributed by atoms with Crippen molar-refractivity contribution in [2.24, 2.45) is 4.99 Å². The van der Waals surface area contributed by atoms with Crippen molar-refractivity contribution >= 4 is 29.2 Å². The molecule has 1 aliphatic carbocycles. The van der Waals surface area contributed by atoms with Crippen molar-refractivity contribution in [2.75, 3.05) is 11.9 Å².